The van der Waals surface area contributed by atoms with Crippen molar-refractivity contribution in [1.29, 1.82) is 0 Å². The molecule has 3 nitrogen and oxygen atoms in total. The molecule has 3 heteroatoms. The number of para-hydroxylation sites is 1. The second kappa shape index (κ2) is 5.01. The Kier molecular flexibility index (Phi) is 3.93. The zero-order valence-corrected chi connectivity index (χ0v) is 10.3. The highest BCUT2D eigenvalue weighted by Gasteiger charge is 2.21. The van der Waals surface area contributed by atoms with Gasteiger partial charge in [0.25, 0.3) is 0 Å². The van der Waals surface area contributed by atoms with Crippen molar-refractivity contribution in [2.75, 3.05) is 5.32 Å². The third-order valence-corrected chi connectivity index (χ3v) is 1.92. The summed E-state index contributed by atoms with van der Waals surface area (Å²) in [4.78, 5) is 11.7. The van der Waals surface area contributed by atoms with Gasteiger partial charge in [-0.2, -0.15) is 0 Å². The van der Waals surface area contributed by atoms with E-state index in [1.165, 1.54) is 0 Å². The number of hydrogen-bond donors (Lipinski definition) is 1. The largest absolute Gasteiger partial charge is 0.458 e. The Morgan fingerprint density at radius 1 is 1.25 bits per heavy atom. The molecule has 0 aliphatic rings. The first-order valence-corrected chi connectivity index (χ1v) is 5.43. The van der Waals surface area contributed by atoms with Crippen molar-refractivity contribution in [3.63, 3.8) is 0 Å². The van der Waals surface area contributed by atoms with Crippen LogP contribution in [0.1, 0.15) is 27.7 Å². The molecule has 0 saturated heterocycles. The molecule has 1 aromatic rings. The van der Waals surface area contributed by atoms with Gasteiger partial charge < -0.3 is 10.1 Å². The number of esters is 1. The fourth-order valence-corrected chi connectivity index (χ4v) is 1.23. The van der Waals surface area contributed by atoms with Gasteiger partial charge in [0.05, 0.1) is 0 Å². The molecular weight excluding hydrogens is 202 g/mol. The van der Waals surface area contributed by atoms with E-state index in [4.69, 9.17) is 4.74 Å². The molecular formula is C13H19NO2. The Morgan fingerprint density at radius 3 is 2.31 bits per heavy atom. The third-order valence-electron chi connectivity index (χ3n) is 1.92. The molecule has 0 amide bonds. The maximum absolute atomic E-state index is 11.7. The van der Waals surface area contributed by atoms with Crippen LogP contribution in [-0.2, 0) is 9.53 Å². The van der Waals surface area contributed by atoms with Crippen LogP contribution in [0.25, 0.3) is 0 Å². The third kappa shape index (κ3) is 4.34. The zero-order chi connectivity index (χ0) is 12.2. The highest BCUT2D eigenvalue weighted by atomic mass is 16.6. The summed E-state index contributed by atoms with van der Waals surface area (Å²) in [5.74, 6) is -0.239. The molecule has 0 radical (unpaired) electrons. The van der Waals surface area contributed by atoms with E-state index in [9.17, 15) is 4.79 Å². The van der Waals surface area contributed by atoms with Gasteiger partial charge in [-0.1, -0.05) is 18.2 Å². The van der Waals surface area contributed by atoms with Crippen molar-refractivity contribution in [3.8, 4) is 0 Å². The molecule has 0 spiro atoms. The Morgan fingerprint density at radius 2 is 1.81 bits per heavy atom. The van der Waals surface area contributed by atoms with E-state index in [-0.39, 0.29) is 12.0 Å². The van der Waals surface area contributed by atoms with E-state index in [0.717, 1.165) is 5.69 Å². The molecule has 0 aliphatic heterocycles. The van der Waals surface area contributed by atoms with Crippen LogP contribution < -0.4 is 5.32 Å². The first-order valence-electron chi connectivity index (χ1n) is 5.43. The Labute approximate surface area is 96.8 Å². The lowest BCUT2D eigenvalue weighted by Crippen LogP contribution is -2.34. The summed E-state index contributed by atoms with van der Waals surface area (Å²) < 4.78 is 5.27. The number of anilines is 1. The van der Waals surface area contributed by atoms with Crippen LogP contribution in [0.4, 0.5) is 5.69 Å². The van der Waals surface area contributed by atoms with E-state index in [0.29, 0.717) is 0 Å². The lowest BCUT2D eigenvalue weighted by Gasteiger charge is -2.23. The lowest BCUT2D eigenvalue weighted by molar-refractivity contribution is -0.155. The fraction of sp³-hybridized carbons (Fsp3) is 0.462. The summed E-state index contributed by atoms with van der Waals surface area (Å²) in [6, 6.07) is 9.26. The van der Waals surface area contributed by atoms with Crippen LogP contribution >= 0.6 is 0 Å². The average molecular weight is 221 g/mol. The molecule has 88 valence electrons. The predicted octanol–water partition coefficient (Wildman–Crippen LogP) is 2.83. The molecule has 1 atom stereocenters. The molecule has 0 fully saturated rings. The number of hydrogen-bond acceptors (Lipinski definition) is 3. The van der Waals surface area contributed by atoms with Crippen molar-refractivity contribution in [2.45, 2.75) is 39.3 Å². The Hall–Kier alpha value is -1.51. The average Bonchev–Trinajstić information content (AvgIpc) is 2.16. The highest BCUT2D eigenvalue weighted by molar-refractivity contribution is 5.79. The van der Waals surface area contributed by atoms with E-state index >= 15 is 0 Å². The molecule has 0 bridgehead atoms. The standard InChI is InChI=1S/C13H19NO2/c1-10(12(15)16-13(2,3)4)14-11-8-6-5-7-9-11/h5-10,14H,1-4H3/t10-/m1/s1. The molecule has 16 heavy (non-hydrogen) atoms. The number of carbonyl (C=O) groups is 1. The first-order chi connectivity index (χ1) is 7.38. The van der Waals surface area contributed by atoms with Gasteiger partial charge in [-0.15, -0.1) is 0 Å². The molecule has 0 saturated carbocycles. The van der Waals surface area contributed by atoms with Crippen molar-refractivity contribution >= 4 is 11.7 Å². The van der Waals surface area contributed by atoms with Crippen LogP contribution in [0.15, 0.2) is 30.3 Å². The maximum atomic E-state index is 11.7. The van der Waals surface area contributed by atoms with Crippen LogP contribution in [0, 0.1) is 0 Å². The van der Waals surface area contributed by atoms with Gasteiger partial charge in [0.15, 0.2) is 0 Å². The highest BCUT2D eigenvalue weighted by Crippen LogP contribution is 2.11. The fourth-order valence-electron chi connectivity index (χ4n) is 1.23. The summed E-state index contributed by atoms with van der Waals surface area (Å²) >= 11 is 0. The summed E-state index contributed by atoms with van der Waals surface area (Å²) in [7, 11) is 0. The maximum Gasteiger partial charge on any atom is 0.328 e. The minimum Gasteiger partial charge on any atom is -0.458 e. The number of carbonyl (C=O) groups excluding carboxylic acids is 1. The van der Waals surface area contributed by atoms with Gasteiger partial charge in [-0.25, -0.2) is 4.79 Å². The normalized spacial score (nSPS) is 13.0. The number of nitrogens with one attached hydrogen (secondary N) is 1. The van der Waals surface area contributed by atoms with Gasteiger partial charge in [0, 0.05) is 5.69 Å². The molecule has 0 aliphatic carbocycles. The SMILES string of the molecule is C[C@@H](Nc1ccccc1)C(=O)OC(C)(C)C. The van der Waals surface area contributed by atoms with Crippen molar-refractivity contribution < 1.29 is 9.53 Å². The smallest absolute Gasteiger partial charge is 0.328 e. The zero-order valence-electron chi connectivity index (χ0n) is 10.3. The molecule has 1 aromatic carbocycles. The van der Waals surface area contributed by atoms with E-state index in [1.54, 1.807) is 6.92 Å². The van der Waals surface area contributed by atoms with Crippen molar-refractivity contribution in [1.82, 2.24) is 0 Å². The predicted molar refractivity (Wildman–Crippen MR) is 65.4 cm³/mol. The second-order valence-corrected chi connectivity index (χ2v) is 4.77. The van der Waals surface area contributed by atoms with E-state index in [2.05, 4.69) is 5.32 Å². The van der Waals surface area contributed by atoms with Crippen LogP contribution in [-0.4, -0.2) is 17.6 Å². The minimum atomic E-state index is -0.441. The Balaban J connectivity index is 2.53. The summed E-state index contributed by atoms with van der Waals surface area (Å²) in [6.07, 6.45) is 0. The van der Waals surface area contributed by atoms with E-state index < -0.39 is 5.60 Å². The van der Waals surface area contributed by atoms with Crippen molar-refractivity contribution in [3.05, 3.63) is 30.3 Å². The van der Waals surface area contributed by atoms with E-state index in [1.807, 2.05) is 51.1 Å². The van der Waals surface area contributed by atoms with Gasteiger partial charge in [0.2, 0.25) is 0 Å². The van der Waals surface area contributed by atoms with Crippen LogP contribution in [0.2, 0.25) is 0 Å². The summed E-state index contributed by atoms with van der Waals surface area (Å²) in [5.41, 5.74) is 0.477. The lowest BCUT2D eigenvalue weighted by atomic mass is 10.2. The minimum absolute atomic E-state index is 0.239. The van der Waals surface area contributed by atoms with Gasteiger partial charge in [-0.3, -0.25) is 0 Å². The monoisotopic (exact) mass is 221 g/mol. The van der Waals surface area contributed by atoms with Crippen LogP contribution in [0.5, 0.6) is 0 Å². The quantitative estimate of drug-likeness (QED) is 0.798. The molecule has 1 N–H and O–H groups in total. The molecule has 1 rings (SSSR count). The van der Waals surface area contributed by atoms with Gasteiger partial charge >= 0.3 is 5.97 Å². The molecule has 0 aromatic heterocycles. The Bertz CT molecular complexity index is 341. The van der Waals surface area contributed by atoms with Crippen molar-refractivity contribution in [2.24, 2.45) is 0 Å². The topological polar surface area (TPSA) is 38.3 Å². The number of benzene rings is 1. The summed E-state index contributed by atoms with van der Waals surface area (Å²) in [6.45, 7) is 7.38. The molecule has 0 unspecified atom stereocenters. The molecule has 0 heterocycles. The summed E-state index contributed by atoms with van der Waals surface area (Å²) in [5, 5.41) is 3.09. The number of ether oxygens (including phenoxy) is 1. The second-order valence-electron chi connectivity index (χ2n) is 4.77. The van der Waals surface area contributed by atoms with Crippen LogP contribution in [0.3, 0.4) is 0 Å². The number of rotatable bonds is 3. The van der Waals surface area contributed by atoms with Gasteiger partial charge in [-0.05, 0) is 39.8 Å². The van der Waals surface area contributed by atoms with Gasteiger partial charge in [0.1, 0.15) is 11.6 Å². The first kappa shape index (κ1) is 12.6.